The predicted molar refractivity (Wildman–Crippen MR) is 179 cm³/mol. The first kappa shape index (κ1) is 33.0. The number of anilines is 1. The average Bonchev–Trinajstić information content (AvgIpc) is 3.66. The molecule has 2 heterocycles. The highest BCUT2D eigenvalue weighted by Crippen LogP contribution is 2.49. The summed E-state index contributed by atoms with van der Waals surface area (Å²) in [5, 5.41) is 14.5. The number of aliphatic carboxylic acids is 1. The van der Waals surface area contributed by atoms with E-state index >= 15 is 0 Å². The molecule has 0 saturated carbocycles. The van der Waals surface area contributed by atoms with E-state index in [2.05, 4.69) is 11.6 Å². The molecule has 2 N–H and O–H groups in total. The van der Waals surface area contributed by atoms with Crippen molar-refractivity contribution in [2.75, 3.05) is 43.8 Å². The van der Waals surface area contributed by atoms with Crippen molar-refractivity contribution < 1.29 is 28.9 Å². The summed E-state index contributed by atoms with van der Waals surface area (Å²) in [6.45, 7) is 7.16. The number of aryl methyl sites for hydroxylation is 2. The minimum absolute atomic E-state index is 0.0242. The minimum atomic E-state index is -0.915. The van der Waals surface area contributed by atoms with Crippen molar-refractivity contribution in [3.63, 3.8) is 0 Å². The van der Waals surface area contributed by atoms with Gasteiger partial charge < -0.3 is 24.6 Å². The van der Waals surface area contributed by atoms with Gasteiger partial charge in [-0.1, -0.05) is 43.6 Å². The number of amides is 1. The number of hydrogen-bond donors (Lipinski definition) is 2. The van der Waals surface area contributed by atoms with Gasteiger partial charge in [-0.3, -0.25) is 14.5 Å². The molecule has 5 rings (SSSR count). The van der Waals surface area contributed by atoms with Gasteiger partial charge in [-0.25, -0.2) is 0 Å². The zero-order valence-electron chi connectivity index (χ0n) is 26.2. The molecule has 0 bridgehead atoms. The van der Waals surface area contributed by atoms with Crippen LogP contribution in [0, 0.1) is 12.8 Å². The fourth-order valence-electron chi connectivity index (χ4n) is 6.60. The Balaban J connectivity index is 1.47. The summed E-state index contributed by atoms with van der Waals surface area (Å²) < 4.78 is 17.2. The number of carbonyl (C=O) groups is 2. The van der Waals surface area contributed by atoms with Crippen LogP contribution in [0.2, 0.25) is 5.02 Å². The molecule has 1 saturated heterocycles. The number of carbonyl (C=O) groups excluding carboxylic acids is 1. The Kier molecular flexibility index (Phi) is 10.8. The highest BCUT2D eigenvalue weighted by Gasteiger charge is 2.48. The lowest BCUT2D eigenvalue weighted by Gasteiger charge is -2.27. The number of ether oxygens (including phenoxy) is 3. The number of likely N-dealkylation sites (tertiary alicyclic amines) is 1. The number of nitrogens with zero attached hydrogens (tertiary/aromatic N) is 1. The highest BCUT2D eigenvalue weighted by molar-refractivity contribution is 7.98. The van der Waals surface area contributed by atoms with Gasteiger partial charge >= 0.3 is 5.97 Å². The van der Waals surface area contributed by atoms with Gasteiger partial charge in [0.05, 0.1) is 19.1 Å². The van der Waals surface area contributed by atoms with Gasteiger partial charge in [-0.2, -0.15) is 11.8 Å². The minimum Gasteiger partial charge on any atom is -0.494 e. The summed E-state index contributed by atoms with van der Waals surface area (Å²) in [6, 6.07) is 14.6. The maximum Gasteiger partial charge on any atom is 0.309 e. The van der Waals surface area contributed by atoms with Crippen molar-refractivity contribution in [2.24, 2.45) is 5.92 Å². The highest BCUT2D eigenvalue weighted by atomic mass is 35.5. The van der Waals surface area contributed by atoms with Crippen LogP contribution < -0.4 is 19.5 Å². The number of fused-ring (bicyclic) bond motifs is 1. The van der Waals surface area contributed by atoms with Crippen molar-refractivity contribution in [1.82, 2.24) is 4.90 Å². The summed E-state index contributed by atoms with van der Waals surface area (Å²) in [4.78, 5) is 28.8. The molecule has 3 atom stereocenters. The van der Waals surface area contributed by atoms with Crippen LogP contribution in [0.25, 0.3) is 0 Å². The van der Waals surface area contributed by atoms with Crippen LogP contribution >= 0.6 is 23.4 Å². The Labute approximate surface area is 274 Å². The molecule has 0 spiro atoms. The van der Waals surface area contributed by atoms with Crippen LogP contribution in [0.5, 0.6) is 17.2 Å². The number of halogens is 1. The standard InChI is InChI=1S/C35H41ClN2O6S/c1-5-22-16-25(36)17-23(6-2)32(22)37-30(39)19-38-18-28(27-12-13-29-34(21(27)3)44-20-43-29)31(35(40)41)33(38)24-8-10-26(11-9-24)42-14-7-15-45-4/h8-13,16-17,28,31,33H,5-7,14-15,18-20H2,1-4H3,(H,37,39)(H,40,41)/t28-,31-,33+/m1/s1. The molecule has 45 heavy (non-hydrogen) atoms. The van der Waals surface area contributed by atoms with Gasteiger partial charge in [0.25, 0.3) is 0 Å². The molecule has 0 aromatic heterocycles. The Morgan fingerprint density at radius 2 is 1.80 bits per heavy atom. The molecular weight excluding hydrogens is 612 g/mol. The smallest absolute Gasteiger partial charge is 0.309 e. The van der Waals surface area contributed by atoms with Crippen molar-refractivity contribution in [2.45, 2.75) is 52.0 Å². The Morgan fingerprint density at radius 3 is 2.44 bits per heavy atom. The molecule has 2 aliphatic heterocycles. The first-order valence-corrected chi connectivity index (χ1v) is 17.2. The van der Waals surface area contributed by atoms with E-state index in [4.69, 9.17) is 25.8 Å². The molecule has 1 fully saturated rings. The van der Waals surface area contributed by atoms with Crippen LogP contribution in [0.15, 0.2) is 48.5 Å². The van der Waals surface area contributed by atoms with E-state index in [0.29, 0.717) is 42.5 Å². The Hall–Kier alpha value is -3.40. The van der Waals surface area contributed by atoms with Gasteiger partial charge in [0, 0.05) is 29.2 Å². The molecule has 240 valence electrons. The third-order valence-electron chi connectivity index (χ3n) is 8.73. The lowest BCUT2D eigenvalue weighted by atomic mass is 9.81. The van der Waals surface area contributed by atoms with Crippen molar-refractivity contribution in [3.8, 4) is 17.2 Å². The predicted octanol–water partition coefficient (Wildman–Crippen LogP) is 7.11. The monoisotopic (exact) mass is 652 g/mol. The second-order valence-electron chi connectivity index (χ2n) is 11.5. The average molecular weight is 653 g/mol. The quantitative estimate of drug-likeness (QED) is 0.189. The Morgan fingerprint density at radius 1 is 1.09 bits per heavy atom. The molecule has 10 heteroatoms. The van der Waals surface area contributed by atoms with E-state index in [1.54, 1.807) is 11.8 Å². The van der Waals surface area contributed by atoms with Crippen LogP contribution in [0.4, 0.5) is 5.69 Å². The number of benzene rings is 3. The SMILES string of the molecule is CCc1cc(Cl)cc(CC)c1NC(=O)CN1C[C@H](c2ccc3c(c2C)OCO3)[C@@H](C(=O)O)[C@@H]1c1ccc(OCCCSC)cc1. The van der Waals surface area contributed by atoms with Crippen LogP contribution in [0.1, 0.15) is 60.0 Å². The third kappa shape index (κ3) is 7.21. The van der Waals surface area contributed by atoms with Crippen LogP contribution in [-0.2, 0) is 22.4 Å². The fourth-order valence-corrected chi connectivity index (χ4v) is 7.27. The largest absolute Gasteiger partial charge is 0.494 e. The normalized spacial score (nSPS) is 19.1. The molecule has 0 aliphatic carbocycles. The number of hydrogen-bond acceptors (Lipinski definition) is 7. The van der Waals surface area contributed by atoms with Gasteiger partial charge in [0.1, 0.15) is 5.75 Å². The molecule has 0 unspecified atom stereocenters. The summed E-state index contributed by atoms with van der Waals surface area (Å²) in [7, 11) is 0. The summed E-state index contributed by atoms with van der Waals surface area (Å²) >= 11 is 8.14. The third-order valence-corrected chi connectivity index (χ3v) is 9.65. The van der Waals surface area contributed by atoms with E-state index in [1.165, 1.54) is 0 Å². The zero-order chi connectivity index (χ0) is 32.1. The molecule has 3 aromatic rings. The van der Waals surface area contributed by atoms with E-state index in [-0.39, 0.29) is 25.2 Å². The van der Waals surface area contributed by atoms with Gasteiger partial charge in [0.2, 0.25) is 12.7 Å². The van der Waals surface area contributed by atoms with Crippen molar-refractivity contribution in [3.05, 3.63) is 81.4 Å². The molecule has 2 aliphatic rings. The van der Waals surface area contributed by atoms with Crippen LogP contribution in [-0.4, -0.2) is 60.4 Å². The van der Waals surface area contributed by atoms with E-state index in [0.717, 1.165) is 51.4 Å². The zero-order valence-corrected chi connectivity index (χ0v) is 27.8. The molecule has 8 nitrogen and oxygen atoms in total. The first-order chi connectivity index (χ1) is 21.7. The maximum absolute atomic E-state index is 13.7. The summed E-state index contributed by atoms with van der Waals surface area (Å²) in [6.07, 6.45) is 4.45. The van der Waals surface area contributed by atoms with Gasteiger partial charge in [0.15, 0.2) is 11.5 Å². The topological polar surface area (TPSA) is 97.3 Å². The van der Waals surface area contributed by atoms with E-state index < -0.39 is 17.9 Å². The number of carboxylic acids is 1. The van der Waals surface area contributed by atoms with E-state index in [9.17, 15) is 14.7 Å². The van der Waals surface area contributed by atoms with Crippen LogP contribution in [0.3, 0.4) is 0 Å². The lowest BCUT2D eigenvalue weighted by Crippen LogP contribution is -2.35. The number of nitrogens with one attached hydrogen (secondary N) is 1. The molecule has 0 radical (unpaired) electrons. The summed E-state index contributed by atoms with van der Waals surface area (Å²) in [5.74, 6) is 0.752. The van der Waals surface area contributed by atoms with Gasteiger partial charge in [-0.05, 0) is 96.3 Å². The van der Waals surface area contributed by atoms with Crippen molar-refractivity contribution >= 4 is 40.9 Å². The van der Waals surface area contributed by atoms with Gasteiger partial charge in [-0.15, -0.1) is 0 Å². The van der Waals surface area contributed by atoms with E-state index in [1.807, 2.05) is 74.2 Å². The lowest BCUT2D eigenvalue weighted by molar-refractivity contribution is -0.143. The molecule has 1 amide bonds. The molecule has 3 aromatic carbocycles. The Bertz CT molecular complexity index is 1510. The second kappa shape index (κ2) is 14.8. The first-order valence-electron chi connectivity index (χ1n) is 15.4. The number of carboxylic acid groups (broad SMARTS) is 1. The number of thioether (sulfide) groups is 1. The number of rotatable bonds is 13. The maximum atomic E-state index is 13.7. The molecular formula is C35H41ClN2O6S. The second-order valence-corrected chi connectivity index (χ2v) is 12.9. The van der Waals surface area contributed by atoms with Crippen molar-refractivity contribution in [1.29, 1.82) is 0 Å². The fraction of sp³-hybridized carbons (Fsp3) is 0.429. The summed E-state index contributed by atoms with van der Waals surface area (Å²) in [5.41, 5.74) is 5.29.